The van der Waals surface area contributed by atoms with Crippen LogP contribution in [0.25, 0.3) is 21.8 Å². The summed E-state index contributed by atoms with van der Waals surface area (Å²) in [6, 6.07) is 7.52. The topological polar surface area (TPSA) is 87.2 Å². The van der Waals surface area contributed by atoms with Crippen molar-refractivity contribution in [2.45, 2.75) is 6.54 Å². The van der Waals surface area contributed by atoms with Crippen LogP contribution in [0.2, 0.25) is 5.28 Å². The highest BCUT2D eigenvalue weighted by Crippen LogP contribution is 2.38. The standard InChI is InChI=1S/C19H16BrClFN5O2/c1-29-11-4-2-10(3-5-11)9-27(6-7-28)18-13-16-12(8-23-26-16)14(20)15(22)17(13)24-19(21)25-18/h2-5,8,28H,6-7,9H2,1H3,(H,23,26). The molecule has 0 bridgehead atoms. The second kappa shape index (κ2) is 8.10. The maximum atomic E-state index is 15.0. The lowest BCUT2D eigenvalue weighted by Gasteiger charge is -2.25. The number of rotatable bonds is 6. The Morgan fingerprint density at radius 2 is 2.03 bits per heavy atom. The lowest BCUT2D eigenvalue weighted by atomic mass is 10.1. The minimum atomic E-state index is -0.548. The molecule has 10 heteroatoms. The van der Waals surface area contributed by atoms with Gasteiger partial charge in [-0.15, -0.1) is 0 Å². The van der Waals surface area contributed by atoms with E-state index in [4.69, 9.17) is 16.3 Å². The fraction of sp³-hybridized carbons (Fsp3) is 0.211. The Bertz CT molecular complexity index is 1190. The first-order valence-electron chi connectivity index (χ1n) is 8.69. The molecule has 7 nitrogen and oxygen atoms in total. The van der Waals surface area contributed by atoms with Gasteiger partial charge in [-0.1, -0.05) is 12.1 Å². The average molecular weight is 481 g/mol. The second-order valence-corrected chi connectivity index (χ2v) is 7.45. The van der Waals surface area contributed by atoms with Gasteiger partial charge >= 0.3 is 0 Å². The van der Waals surface area contributed by atoms with Gasteiger partial charge in [-0.2, -0.15) is 10.1 Å². The molecule has 0 fully saturated rings. The number of nitrogens with zero attached hydrogens (tertiary/aromatic N) is 4. The number of hydrogen-bond acceptors (Lipinski definition) is 6. The van der Waals surface area contributed by atoms with Crippen molar-refractivity contribution in [3.63, 3.8) is 0 Å². The van der Waals surface area contributed by atoms with Gasteiger partial charge in [0.15, 0.2) is 5.82 Å². The third-order valence-electron chi connectivity index (χ3n) is 4.59. The highest BCUT2D eigenvalue weighted by Gasteiger charge is 2.23. The van der Waals surface area contributed by atoms with Crippen molar-refractivity contribution < 1.29 is 14.2 Å². The van der Waals surface area contributed by atoms with Crippen molar-refractivity contribution in [1.29, 1.82) is 0 Å². The summed E-state index contributed by atoms with van der Waals surface area (Å²) in [6.45, 7) is 0.562. The van der Waals surface area contributed by atoms with Crippen molar-refractivity contribution in [3.05, 3.63) is 51.6 Å². The van der Waals surface area contributed by atoms with E-state index in [2.05, 4.69) is 36.1 Å². The normalized spacial score (nSPS) is 11.3. The molecule has 150 valence electrons. The fourth-order valence-corrected chi connectivity index (χ4v) is 3.89. The molecule has 0 radical (unpaired) electrons. The number of ether oxygens (including phenoxy) is 1. The van der Waals surface area contributed by atoms with E-state index in [9.17, 15) is 5.11 Å². The molecule has 2 aromatic heterocycles. The Kier molecular flexibility index (Phi) is 5.53. The first-order chi connectivity index (χ1) is 14.0. The monoisotopic (exact) mass is 479 g/mol. The first-order valence-corrected chi connectivity index (χ1v) is 9.86. The van der Waals surface area contributed by atoms with Gasteiger partial charge in [0.2, 0.25) is 5.28 Å². The molecule has 29 heavy (non-hydrogen) atoms. The number of methoxy groups -OCH3 is 1. The van der Waals surface area contributed by atoms with E-state index in [1.807, 2.05) is 29.2 Å². The maximum absolute atomic E-state index is 15.0. The molecule has 4 aromatic rings. The van der Waals surface area contributed by atoms with Gasteiger partial charge < -0.3 is 14.7 Å². The van der Waals surface area contributed by atoms with E-state index >= 15 is 4.39 Å². The van der Waals surface area contributed by atoms with Crippen molar-refractivity contribution in [1.82, 2.24) is 20.2 Å². The number of hydrogen-bond donors (Lipinski definition) is 2. The summed E-state index contributed by atoms with van der Waals surface area (Å²) in [7, 11) is 1.60. The molecule has 0 aliphatic rings. The number of aliphatic hydroxyl groups excluding tert-OH is 1. The molecular formula is C19H16BrClFN5O2. The number of H-pyrrole nitrogens is 1. The number of benzene rings is 2. The first kappa shape index (κ1) is 19.8. The SMILES string of the molecule is COc1ccc(CN(CCO)c2nc(Cl)nc3c(F)c(Br)c4cn[nH]c4c23)cc1. The second-order valence-electron chi connectivity index (χ2n) is 6.32. The predicted octanol–water partition coefficient (Wildman–Crippen LogP) is 4.07. The van der Waals surface area contributed by atoms with Crippen LogP contribution in [0.3, 0.4) is 0 Å². The number of aliphatic hydroxyl groups is 1. The molecule has 4 rings (SSSR count). The van der Waals surface area contributed by atoms with Crippen LogP contribution < -0.4 is 9.64 Å². The molecule has 0 aliphatic heterocycles. The molecule has 2 N–H and O–H groups in total. The van der Waals surface area contributed by atoms with Gasteiger partial charge in [0, 0.05) is 18.5 Å². The smallest absolute Gasteiger partial charge is 0.225 e. The maximum Gasteiger partial charge on any atom is 0.225 e. The number of aromatic amines is 1. The van der Waals surface area contributed by atoms with Crippen molar-refractivity contribution >= 4 is 55.2 Å². The van der Waals surface area contributed by atoms with Gasteiger partial charge in [-0.25, -0.2) is 9.37 Å². The van der Waals surface area contributed by atoms with Crippen LogP contribution in [0.1, 0.15) is 5.56 Å². The summed E-state index contributed by atoms with van der Waals surface area (Å²) in [5.74, 6) is 0.599. The average Bonchev–Trinajstić information content (AvgIpc) is 3.21. The lowest BCUT2D eigenvalue weighted by molar-refractivity contribution is 0.301. The highest BCUT2D eigenvalue weighted by molar-refractivity contribution is 9.10. The molecule has 0 amide bonds. The van der Waals surface area contributed by atoms with Crippen LogP contribution in [0, 0.1) is 5.82 Å². The summed E-state index contributed by atoms with van der Waals surface area (Å²) in [5.41, 5.74) is 1.61. The molecule has 2 aromatic carbocycles. The largest absolute Gasteiger partial charge is 0.497 e. The van der Waals surface area contributed by atoms with Crippen molar-refractivity contribution in [3.8, 4) is 5.75 Å². The summed E-state index contributed by atoms with van der Waals surface area (Å²) in [6.07, 6.45) is 1.53. The molecule has 0 saturated heterocycles. The van der Waals surface area contributed by atoms with Crippen LogP contribution in [0.15, 0.2) is 34.9 Å². The highest BCUT2D eigenvalue weighted by atomic mass is 79.9. The molecular weight excluding hydrogens is 465 g/mol. The van der Waals surface area contributed by atoms with Crippen LogP contribution in [-0.4, -0.2) is 45.5 Å². The minimum absolute atomic E-state index is 0.0706. The molecule has 0 saturated carbocycles. The number of aromatic nitrogens is 4. The zero-order valence-electron chi connectivity index (χ0n) is 15.3. The van der Waals surface area contributed by atoms with Gasteiger partial charge in [0.05, 0.1) is 35.3 Å². The predicted molar refractivity (Wildman–Crippen MR) is 113 cm³/mol. The molecule has 2 heterocycles. The Hall–Kier alpha value is -2.49. The van der Waals surface area contributed by atoms with Crippen LogP contribution in [0.4, 0.5) is 10.2 Å². The fourth-order valence-electron chi connectivity index (χ4n) is 3.24. The number of fused-ring (bicyclic) bond motifs is 3. The quantitative estimate of drug-likeness (QED) is 0.405. The van der Waals surface area contributed by atoms with E-state index in [1.165, 1.54) is 6.20 Å². The Morgan fingerprint density at radius 3 is 2.72 bits per heavy atom. The molecule has 0 aliphatic carbocycles. The number of anilines is 1. The van der Waals surface area contributed by atoms with Gasteiger partial charge in [0.25, 0.3) is 0 Å². The zero-order chi connectivity index (χ0) is 20.5. The van der Waals surface area contributed by atoms with Crippen molar-refractivity contribution in [2.75, 3.05) is 25.2 Å². The Morgan fingerprint density at radius 1 is 1.28 bits per heavy atom. The van der Waals surface area contributed by atoms with E-state index in [1.54, 1.807) is 7.11 Å². The summed E-state index contributed by atoms with van der Waals surface area (Å²) < 4.78 is 20.4. The summed E-state index contributed by atoms with van der Waals surface area (Å²) in [5, 5.41) is 17.5. The van der Waals surface area contributed by atoms with Crippen LogP contribution in [0.5, 0.6) is 5.75 Å². The summed E-state index contributed by atoms with van der Waals surface area (Å²) in [4.78, 5) is 10.3. The van der Waals surface area contributed by atoms with Gasteiger partial charge in [-0.05, 0) is 45.2 Å². The van der Waals surface area contributed by atoms with Crippen LogP contribution >= 0.6 is 27.5 Å². The number of halogens is 3. The van der Waals surface area contributed by atoms with E-state index in [0.29, 0.717) is 28.7 Å². The third-order valence-corrected chi connectivity index (χ3v) is 5.54. The zero-order valence-corrected chi connectivity index (χ0v) is 17.6. The molecule has 0 unspecified atom stereocenters. The van der Waals surface area contributed by atoms with E-state index < -0.39 is 5.82 Å². The van der Waals surface area contributed by atoms with Crippen LogP contribution in [-0.2, 0) is 6.54 Å². The van der Waals surface area contributed by atoms with E-state index in [-0.39, 0.29) is 28.4 Å². The summed E-state index contributed by atoms with van der Waals surface area (Å²) >= 11 is 9.39. The minimum Gasteiger partial charge on any atom is -0.497 e. The third kappa shape index (κ3) is 3.61. The van der Waals surface area contributed by atoms with E-state index in [0.717, 1.165) is 11.3 Å². The lowest BCUT2D eigenvalue weighted by Crippen LogP contribution is -2.27. The molecule has 0 atom stereocenters. The Balaban J connectivity index is 1.91. The molecule has 0 spiro atoms. The number of nitrogens with one attached hydrogen (secondary N) is 1. The van der Waals surface area contributed by atoms with Gasteiger partial charge in [0.1, 0.15) is 17.1 Å². The van der Waals surface area contributed by atoms with Crippen molar-refractivity contribution in [2.24, 2.45) is 0 Å². The Labute approximate surface area is 178 Å². The van der Waals surface area contributed by atoms with Gasteiger partial charge in [-0.3, -0.25) is 5.10 Å².